The molecule has 0 spiro atoms. The number of aryl methyl sites for hydroxylation is 1. The average molecular weight is 410 g/mol. The molecule has 0 unspecified atom stereocenters. The van der Waals surface area contributed by atoms with Crippen molar-refractivity contribution in [3.63, 3.8) is 0 Å². The second kappa shape index (κ2) is 8.40. The molecule has 0 aliphatic carbocycles. The molecule has 6 nitrogen and oxygen atoms in total. The molecular formula is C21H19FN4O2S. The first-order chi connectivity index (χ1) is 14.1. The van der Waals surface area contributed by atoms with Gasteiger partial charge in [-0.3, -0.25) is 4.79 Å². The van der Waals surface area contributed by atoms with E-state index in [2.05, 4.69) is 15.3 Å². The van der Waals surface area contributed by atoms with Gasteiger partial charge < -0.3 is 14.6 Å². The van der Waals surface area contributed by atoms with Crippen LogP contribution in [0.2, 0.25) is 0 Å². The molecule has 0 radical (unpaired) electrons. The van der Waals surface area contributed by atoms with Gasteiger partial charge in [-0.2, -0.15) is 0 Å². The van der Waals surface area contributed by atoms with Gasteiger partial charge in [0.2, 0.25) is 0 Å². The van der Waals surface area contributed by atoms with E-state index in [-0.39, 0.29) is 11.7 Å². The Kier molecular flexibility index (Phi) is 5.53. The van der Waals surface area contributed by atoms with E-state index in [0.29, 0.717) is 36.4 Å². The van der Waals surface area contributed by atoms with E-state index in [9.17, 15) is 9.18 Å². The van der Waals surface area contributed by atoms with Crippen molar-refractivity contribution < 1.29 is 13.9 Å². The summed E-state index contributed by atoms with van der Waals surface area (Å²) >= 11 is 1.52. The molecule has 2 aromatic heterocycles. The lowest BCUT2D eigenvalue weighted by atomic mass is 10.2. The lowest BCUT2D eigenvalue weighted by molar-refractivity contribution is 0.0954. The molecule has 0 aliphatic heterocycles. The largest absolute Gasteiger partial charge is 0.487 e. The number of fused-ring (bicyclic) bond motifs is 1. The molecule has 0 bridgehead atoms. The summed E-state index contributed by atoms with van der Waals surface area (Å²) in [5.41, 5.74) is 4.26. The molecule has 1 amide bonds. The van der Waals surface area contributed by atoms with Crippen LogP contribution >= 0.6 is 11.3 Å². The van der Waals surface area contributed by atoms with E-state index >= 15 is 0 Å². The third-order valence-electron chi connectivity index (χ3n) is 4.58. The first kappa shape index (κ1) is 19.1. The van der Waals surface area contributed by atoms with Crippen LogP contribution in [0.4, 0.5) is 4.39 Å². The number of rotatable bonds is 7. The van der Waals surface area contributed by atoms with Gasteiger partial charge in [0.1, 0.15) is 23.7 Å². The van der Waals surface area contributed by atoms with Gasteiger partial charge in [-0.1, -0.05) is 6.07 Å². The van der Waals surface area contributed by atoms with Gasteiger partial charge in [-0.05, 0) is 36.4 Å². The van der Waals surface area contributed by atoms with Crippen LogP contribution < -0.4 is 10.1 Å². The summed E-state index contributed by atoms with van der Waals surface area (Å²) in [4.78, 5) is 20.9. The highest BCUT2D eigenvalue weighted by molar-refractivity contribution is 7.07. The number of hydrogen-bond donors (Lipinski definition) is 1. The van der Waals surface area contributed by atoms with E-state index in [1.165, 1.54) is 17.4 Å². The fraction of sp³-hybridized carbons (Fsp3) is 0.190. The molecule has 1 N–H and O–H groups in total. The van der Waals surface area contributed by atoms with Crippen LogP contribution in [0.3, 0.4) is 0 Å². The maximum Gasteiger partial charge on any atom is 0.251 e. The van der Waals surface area contributed by atoms with Crippen molar-refractivity contribution in [3.8, 4) is 5.75 Å². The fourth-order valence-electron chi connectivity index (χ4n) is 3.01. The number of amides is 1. The van der Waals surface area contributed by atoms with Crippen LogP contribution in [0.25, 0.3) is 11.0 Å². The minimum absolute atomic E-state index is 0.180. The van der Waals surface area contributed by atoms with Crippen molar-refractivity contribution in [2.45, 2.75) is 13.0 Å². The summed E-state index contributed by atoms with van der Waals surface area (Å²) in [6.07, 6.45) is 0.505. The predicted molar refractivity (Wildman–Crippen MR) is 110 cm³/mol. The smallest absolute Gasteiger partial charge is 0.251 e. The number of thiazole rings is 1. The molecule has 8 heteroatoms. The number of imidazole rings is 1. The van der Waals surface area contributed by atoms with E-state index in [4.69, 9.17) is 4.74 Å². The standard InChI is InChI=1S/C21H19FN4O2S/c1-26-18-4-2-3-17(22)20(18)25-19(26)9-10-23-21(27)14-5-7-16(8-6-14)28-11-15-12-29-13-24-15/h2-8,12-13H,9-11H2,1H3,(H,23,27). The minimum atomic E-state index is -0.342. The SMILES string of the molecule is Cn1c(CCNC(=O)c2ccc(OCc3cscn3)cc2)nc2c(F)cccc21. The Hall–Kier alpha value is -3.26. The number of benzene rings is 2. The Morgan fingerprint density at radius 1 is 1.24 bits per heavy atom. The van der Waals surface area contributed by atoms with Gasteiger partial charge in [0.05, 0.1) is 16.7 Å². The molecule has 0 saturated carbocycles. The molecule has 0 fully saturated rings. The zero-order chi connectivity index (χ0) is 20.2. The normalized spacial score (nSPS) is 11.0. The van der Waals surface area contributed by atoms with E-state index in [1.807, 2.05) is 23.1 Å². The molecule has 0 aliphatic rings. The molecule has 29 heavy (non-hydrogen) atoms. The van der Waals surface area contributed by atoms with Crippen LogP contribution in [0, 0.1) is 5.82 Å². The number of ether oxygens (including phenoxy) is 1. The molecular weight excluding hydrogens is 391 g/mol. The van der Waals surface area contributed by atoms with Crippen molar-refractivity contribution in [1.82, 2.24) is 19.9 Å². The molecule has 4 aromatic rings. The highest BCUT2D eigenvalue weighted by Gasteiger charge is 2.12. The lowest BCUT2D eigenvalue weighted by Crippen LogP contribution is -2.26. The van der Waals surface area contributed by atoms with Gasteiger partial charge in [-0.25, -0.2) is 14.4 Å². The van der Waals surface area contributed by atoms with Gasteiger partial charge >= 0.3 is 0 Å². The van der Waals surface area contributed by atoms with E-state index in [0.717, 1.165) is 17.0 Å². The molecule has 4 rings (SSSR count). The maximum absolute atomic E-state index is 13.9. The third-order valence-corrected chi connectivity index (χ3v) is 5.21. The Morgan fingerprint density at radius 3 is 2.79 bits per heavy atom. The van der Waals surface area contributed by atoms with Crippen LogP contribution in [0.5, 0.6) is 5.75 Å². The van der Waals surface area contributed by atoms with E-state index in [1.54, 1.807) is 35.8 Å². The number of halogens is 1. The molecule has 0 saturated heterocycles. The summed E-state index contributed by atoms with van der Waals surface area (Å²) in [5, 5.41) is 4.80. The van der Waals surface area contributed by atoms with Gasteiger partial charge in [0.25, 0.3) is 5.91 Å². The van der Waals surface area contributed by atoms with Gasteiger partial charge in [0.15, 0.2) is 5.82 Å². The second-order valence-corrected chi connectivity index (χ2v) is 7.21. The number of nitrogens with one attached hydrogen (secondary N) is 1. The zero-order valence-electron chi connectivity index (χ0n) is 15.8. The van der Waals surface area contributed by atoms with Crippen molar-refractivity contribution in [2.75, 3.05) is 6.54 Å². The number of carbonyl (C=O) groups is 1. The Morgan fingerprint density at radius 2 is 2.07 bits per heavy atom. The van der Waals surface area contributed by atoms with Crippen molar-refractivity contribution in [3.05, 3.63) is 76.3 Å². The molecule has 148 valence electrons. The number of hydrogen-bond acceptors (Lipinski definition) is 5. The van der Waals surface area contributed by atoms with Gasteiger partial charge in [0, 0.05) is 31.0 Å². The summed E-state index contributed by atoms with van der Waals surface area (Å²) in [6, 6.07) is 11.8. The summed E-state index contributed by atoms with van der Waals surface area (Å²) in [5.74, 6) is 0.874. The maximum atomic E-state index is 13.9. The zero-order valence-corrected chi connectivity index (χ0v) is 16.6. The average Bonchev–Trinajstić information content (AvgIpc) is 3.36. The number of para-hydroxylation sites is 1. The molecule has 2 heterocycles. The Labute approximate surface area is 171 Å². The summed E-state index contributed by atoms with van der Waals surface area (Å²) in [6.45, 7) is 0.799. The van der Waals surface area contributed by atoms with Crippen LogP contribution in [0.1, 0.15) is 21.9 Å². The quantitative estimate of drug-likeness (QED) is 0.504. The Balaban J connectivity index is 1.31. The molecule has 0 atom stereocenters. The van der Waals surface area contributed by atoms with Crippen molar-refractivity contribution in [2.24, 2.45) is 7.05 Å². The minimum Gasteiger partial charge on any atom is -0.487 e. The third kappa shape index (κ3) is 4.27. The number of aromatic nitrogens is 3. The number of carbonyl (C=O) groups excluding carboxylic acids is 1. The van der Waals surface area contributed by atoms with Gasteiger partial charge in [-0.15, -0.1) is 11.3 Å². The first-order valence-corrected chi connectivity index (χ1v) is 10.0. The summed E-state index contributed by atoms with van der Waals surface area (Å²) < 4.78 is 21.4. The summed E-state index contributed by atoms with van der Waals surface area (Å²) in [7, 11) is 1.84. The van der Waals surface area contributed by atoms with Crippen molar-refractivity contribution in [1.29, 1.82) is 0 Å². The van der Waals surface area contributed by atoms with E-state index < -0.39 is 0 Å². The number of nitrogens with zero attached hydrogens (tertiary/aromatic N) is 3. The first-order valence-electron chi connectivity index (χ1n) is 9.10. The highest BCUT2D eigenvalue weighted by Crippen LogP contribution is 2.18. The lowest BCUT2D eigenvalue weighted by Gasteiger charge is -2.07. The van der Waals surface area contributed by atoms with Crippen molar-refractivity contribution >= 4 is 28.3 Å². The molecule has 2 aromatic carbocycles. The fourth-order valence-corrected chi connectivity index (χ4v) is 3.55. The van der Waals surface area contributed by atoms with Crippen LogP contribution in [0.15, 0.2) is 53.4 Å². The predicted octanol–water partition coefficient (Wildman–Crippen LogP) is 3.72. The Bertz CT molecular complexity index is 1120. The van der Waals surface area contributed by atoms with Crippen LogP contribution in [-0.2, 0) is 20.1 Å². The van der Waals surface area contributed by atoms with Crippen LogP contribution in [-0.4, -0.2) is 27.0 Å². The second-order valence-electron chi connectivity index (χ2n) is 6.49. The monoisotopic (exact) mass is 410 g/mol. The highest BCUT2D eigenvalue weighted by atomic mass is 32.1. The topological polar surface area (TPSA) is 69.0 Å².